The van der Waals surface area contributed by atoms with E-state index in [0.717, 1.165) is 0 Å². The molecular weight excluding hydrogens is 323 g/mol. The predicted octanol–water partition coefficient (Wildman–Crippen LogP) is 3.23. The van der Waals surface area contributed by atoms with Crippen molar-refractivity contribution in [3.05, 3.63) is 59.9 Å². The van der Waals surface area contributed by atoms with Crippen LogP contribution in [0.4, 0.5) is 10.1 Å². The van der Waals surface area contributed by atoms with E-state index in [-0.39, 0.29) is 18.3 Å². The SMILES string of the molecule is CC(C)CNC(=O)c1ccccc1NC(=O)COc1ccccc1F. The minimum absolute atomic E-state index is 0.000566. The number of hydrogen-bond acceptors (Lipinski definition) is 3. The average molecular weight is 344 g/mol. The molecule has 0 aliphatic heterocycles. The molecule has 132 valence electrons. The maximum Gasteiger partial charge on any atom is 0.262 e. The van der Waals surface area contributed by atoms with E-state index in [1.807, 2.05) is 13.8 Å². The fourth-order valence-corrected chi connectivity index (χ4v) is 2.07. The molecule has 0 heterocycles. The number of hydrogen-bond donors (Lipinski definition) is 2. The zero-order valence-electron chi connectivity index (χ0n) is 14.2. The molecule has 0 spiro atoms. The first-order chi connectivity index (χ1) is 12.0. The number of rotatable bonds is 7. The van der Waals surface area contributed by atoms with Crippen LogP contribution in [0.2, 0.25) is 0 Å². The smallest absolute Gasteiger partial charge is 0.262 e. The number of carbonyl (C=O) groups excluding carboxylic acids is 2. The van der Waals surface area contributed by atoms with Gasteiger partial charge in [0, 0.05) is 6.54 Å². The Morgan fingerprint density at radius 3 is 2.48 bits per heavy atom. The van der Waals surface area contributed by atoms with E-state index in [1.165, 1.54) is 18.2 Å². The van der Waals surface area contributed by atoms with Gasteiger partial charge in [-0.25, -0.2) is 4.39 Å². The highest BCUT2D eigenvalue weighted by Gasteiger charge is 2.14. The molecule has 0 unspecified atom stereocenters. The Balaban J connectivity index is 1.98. The van der Waals surface area contributed by atoms with Crippen LogP contribution in [0.1, 0.15) is 24.2 Å². The summed E-state index contributed by atoms with van der Waals surface area (Å²) in [5.74, 6) is -0.962. The van der Waals surface area contributed by atoms with Crippen LogP contribution in [0.3, 0.4) is 0 Å². The van der Waals surface area contributed by atoms with Crippen molar-refractivity contribution < 1.29 is 18.7 Å². The molecule has 0 saturated carbocycles. The average Bonchev–Trinajstić information content (AvgIpc) is 2.59. The van der Waals surface area contributed by atoms with Gasteiger partial charge in [0.2, 0.25) is 0 Å². The normalized spacial score (nSPS) is 10.4. The molecule has 0 atom stereocenters. The molecule has 6 heteroatoms. The van der Waals surface area contributed by atoms with E-state index in [1.54, 1.807) is 30.3 Å². The van der Waals surface area contributed by atoms with Gasteiger partial charge >= 0.3 is 0 Å². The Morgan fingerprint density at radius 2 is 1.76 bits per heavy atom. The van der Waals surface area contributed by atoms with E-state index in [4.69, 9.17) is 4.74 Å². The number of anilines is 1. The van der Waals surface area contributed by atoms with Crippen molar-refractivity contribution in [2.45, 2.75) is 13.8 Å². The second-order valence-electron chi connectivity index (χ2n) is 5.92. The number of ether oxygens (including phenoxy) is 1. The summed E-state index contributed by atoms with van der Waals surface area (Å²) >= 11 is 0. The lowest BCUT2D eigenvalue weighted by molar-refractivity contribution is -0.118. The lowest BCUT2D eigenvalue weighted by Gasteiger charge is -2.13. The molecule has 2 aromatic rings. The summed E-state index contributed by atoms with van der Waals surface area (Å²) in [6, 6.07) is 12.5. The maximum atomic E-state index is 13.5. The van der Waals surface area contributed by atoms with Crippen molar-refractivity contribution in [3.8, 4) is 5.75 Å². The molecule has 2 rings (SSSR count). The van der Waals surface area contributed by atoms with Gasteiger partial charge in [-0.1, -0.05) is 38.1 Å². The predicted molar refractivity (Wildman–Crippen MR) is 94.1 cm³/mol. The molecule has 0 aromatic heterocycles. The third-order valence-electron chi connectivity index (χ3n) is 3.31. The van der Waals surface area contributed by atoms with Crippen LogP contribution in [0.15, 0.2) is 48.5 Å². The minimum atomic E-state index is -0.538. The Hall–Kier alpha value is -2.89. The molecule has 25 heavy (non-hydrogen) atoms. The van der Waals surface area contributed by atoms with Crippen LogP contribution in [-0.4, -0.2) is 25.0 Å². The summed E-state index contributed by atoms with van der Waals surface area (Å²) in [5, 5.41) is 5.43. The van der Waals surface area contributed by atoms with Gasteiger partial charge < -0.3 is 15.4 Å². The number of nitrogens with one attached hydrogen (secondary N) is 2. The topological polar surface area (TPSA) is 67.4 Å². The molecule has 2 N–H and O–H groups in total. The molecule has 0 aliphatic carbocycles. The van der Waals surface area contributed by atoms with Crippen molar-refractivity contribution in [2.24, 2.45) is 5.92 Å². The van der Waals surface area contributed by atoms with E-state index >= 15 is 0 Å². The minimum Gasteiger partial charge on any atom is -0.481 e. The van der Waals surface area contributed by atoms with Crippen molar-refractivity contribution in [2.75, 3.05) is 18.5 Å². The van der Waals surface area contributed by atoms with E-state index in [9.17, 15) is 14.0 Å². The largest absolute Gasteiger partial charge is 0.481 e. The quantitative estimate of drug-likeness (QED) is 0.810. The van der Waals surface area contributed by atoms with Gasteiger partial charge in [0.15, 0.2) is 18.2 Å². The standard InChI is InChI=1S/C19H21FN2O3/c1-13(2)11-21-19(24)14-7-3-5-9-16(14)22-18(23)12-25-17-10-6-4-8-15(17)20/h3-10,13H,11-12H2,1-2H3,(H,21,24)(H,22,23). The van der Waals surface area contributed by atoms with Gasteiger partial charge in [0.05, 0.1) is 11.3 Å². The molecular formula is C19H21FN2O3. The van der Waals surface area contributed by atoms with E-state index < -0.39 is 11.7 Å². The molecule has 2 aromatic carbocycles. The maximum absolute atomic E-state index is 13.5. The highest BCUT2D eigenvalue weighted by atomic mass is 19.1. The Kier molecular flexibility index (Phi) is 6.51. The highest BCUT2D eigenvalue weighted by Crippen LogP contribution is 2.17. The first-order valence-corrected chi connectivity index (χ1v) is 8.01. The van der Waals surface area contributed by atoms with Gasteiger partial charge in [-0.15, -0.1) is 0 Å². The summed E-state index contributed by atoms with van der Waals surface area (Å²) < 4.78 is 18.6. The molecule has 0 saturated heterocycles. The van der Waals surface area contributed by atoms with Gasteiger partial charge in [-0.3, -0.25) is 9.59 Å². The number of benzene rings is 2. The fourth-order valence-electron chi connectivity index (χ4n) is 2.07. The summed E-state index contributed by atoms with van der Waals surface area (Å²) in [5.41, 5.74) is 0.744. The molecule has 0 aliphatic rings. The van der Waals surface area contributed by atoms with Crippen LogP contribution < -0.4 is 15.4 Å². The van der Waals surface area contributed by atoms with Gasteiger partial charge in [0.25, 0.3) is 11.8 Å². The molecule has 2 amide bonds. The number of halogens is 1. The first-order valence-electron chi connectivity index (χ1n) is 8.01. The van der Waals surface area contributed by atoms with Gasteiger partial charge in [-0.05, 0) is 30.2 Å². The molecule has 0 bridgehead atoms. The summed E-state index contributed by atoms with van der Waals surface area (Å²) in [7, 11) is 0. The van der Waals surface area contributed by atoms with E-state index in [2.05, 4.69) is 10.6 Å². The van der Waals surface area contributed by atoms with Crippen molar-refractivity contribution in [3.63, 3.8) is 0 Å². The monoisotopic (exact) mass is 344 g/mol. The second kappa shape index (κ2) is 8.82. The summed E-state index contributed by atoms with van der Waals surface area (Å²) in [4.78, 5) is 24.3. The molecule has 0 fully saturated rings. The van der Waals surface area contributed by atoms with Gasteiger partial charge in [-0.2, -0.15) is 0 Å². The Morgan fingerprint density at radius 1 is 1.08 bits per heavy atom. The first kappa shape index (κ1) is 18.4. The van der Waals surface area contributed by atoms with Crippen LogP contribution >= 0.6 is 0 Å². The van der Waals surface area contributed by atoms with Crippen molar-refractivity contribution in [1.82, 2.24) is 5.32 Å². The van der Waals surface area contributed by atoms with Crippen LogP contribution in [0, 0.1) is 11.7 Å². The number of carbonyl (C=O) groups is 2. The van der Waals surface area contributed by atoms with Crippen molar-refractivity contribution >= 4 is 17.5 Å². The zero-order chi connectivity index (χ0) is 18.2. The lowest BCUT2D eigenvalue weighted by atomic mass is 10.1. The lowest BCUT2D eigenvalue weighted by Crippen LogP contribution is -2.29. The number of amides is 2. The Bertz CT molecular complexity index is 747. The zero-order valence-corrected chi connectivity index (χ0v) is 14.2. The second-order valence-corrected chi connectivity index (χ2v) is 5.92. The van der Waals surface area contributed by atoms with Crippen LogP contribution in [-0.2, 0) is 4.79 Å². The third kappa shape index (κ3) is 5.60. The van der Waals surface area contributed by atoms with Crippen molar-refractivity contribution in [1.29, 1.82) is 0 Å². The van der Waals surface area contributed by atoms with Crippen LogP contribution in [0.5, 0.6) is 5.75 Å². The number of para-hydroxylation sites is 2. The third-order valence-corrected chi connectivity index (χ3v) is 3.31. The molecule has 5 nitrogen and oxygen atoms in total. The van der Waals surface area contributed by atoms with Crippen LogP contribution in [0.25, 0.3) is 0 Å². The fraction of sp³-hybridized carbons (Fsp3) is 0.263. The van der Waals surface area contributed by atoms with E-state index in [0.29, 0.717) is 23.7 Å². The van der Waals surface area contributed by atoms with Gasteiger partial charge in [0.1, 0.15) is 0 Å². The summed E-state index contributed by atoms with van der Waals surface area (Å²) in [6.07, 6.45) is 0. The molecule has 0 radical (unpaired) electrons. The Labute approximate surface area is 146 Å². The summed E-state index contributed by atoms with van der Waals surface area (Å²) in [6.45, 7) is 4.17. The highest BCUT2D eigenvalue weighted by molar-refractivity contribution is 6.04.